The highest BCUT2D eigenvalue weighted by molar-refractivity contribution is 6.24. The van der Waals surface area contributed by atoms with E-state index < -0.39 is 23.9 Å². The zero-order valence-corrected chi connectivity index (χ0v) is 16.8. The average Bonchev–Trinajstić information content (AvgIpc) is 3.26. The van der Waals surface area contributed by atoms with E-state index in [2.05, 4.69) is 6.07 Å². The lowest BCUT2D eigenvalue weighted by Crippen LogP contribution is -2.46. The van der Waals surface area contributed by atoms with Crippen molar-refractivity contribution in [3.63, 3.8) is 0 Å². The quantitative estimate of drug-likeness (QED) is 0.575. The van der Waals surface area contributed by atoms with Crippen LogP contribution >= 0.6 is 0 Å². The Morgan fingerprint density at radius 2 is 1.65 bits per heavy atom. The van der Waals surface area contributed by atoms with Crippen LogP contribution in [0.1, 0.15) is 15.9 Å². The molecule has 152 valence electrons. The van der Waals surface area contributed by atoms with Crippen LogP contribution in [-0.2, 0) is 9.59 Å². The van der Waals surface area contributed by atoms with Gasteiger partial charge in [-0.2, -0.15) is 5.26 Å². The van der Waals surface area contributed by atoms with E-state index in [0.29, 0.717) is 16.8 Å². The van der Waals surface area contributed by atoms with Gasteiger partial charge in [-0.15, -0.1) is 0 Å². The van der Waals surface area contributed by atoms with Crippen molar-refractivity contribution >= 4 is 23.3 Å². The average molecular weight is 409 g/mol. The van der Waals surface area contributed by atoms with Crippen LogP contribution in [0.3, 0.4) is 0 Å². The molecule has 3 aliphatic rings. The van der Waals surface area contributed by atoms with E-state index in [1.54, 1.807) is 59.7 Å². The van der Waals surface area contributed by atoms with Crippen LogP contribution in [0.25, 0.3) is 0 Å². The van der Waals surface area contributed by atoms with Crippen molar-refractivity contribution in [2.75, 3.05) is 4.90 Å². The number of rotatable bonds is 3. The molecule has 0 saturated carbocycles. The third kappa shape index (κ3) is 2.82. The molecule has 4 atom stereocenters. The molecule has 2 aromatic carbocycles. The molecule has 31 heavy (non-hydrogen) atoms. The van der Waals surface area contributed by atoms with E-state index >= 15 is 0 Å². The first-order valence-electron chi connectivity index (χ1n) is 10.1. The van der Waals surface area contributed by atoms with E-state index in [1.807, 2.05) is 25.1 Å². The molecule has 6 heteroatoms. The second kappa shape index (κ2) is 7.06. The Morgan fingerprint density at radius 1 is 0.968 bits per heavy atom. The number of ketones is 1. The fraction of sp³-hybridized carbons (Fsp3) is 0.200. The number of imide groups is 1. The van der Waals surface area contributed by atoms with Crippen LogP contribution in [0, 0.1) is 30.1 Å². The molecule has 5 rings (SSSR count). The lowest BCUT2D eigenvalue weighted by atomic mass is 9.86. The van der Waals surface area contributed by atoms with E-state index in [-0.39, 0.29) is 17.6 Å². The largest absolute Gasteiger partial charge is 0.359 e. The number of aryl methyl sites for hydroxylation is 1. The number of hydrogen-bond acceptors (Lipinski definition) is 5. The predicted molar refractivity (Wildman–Crippen MR) is 114 cm³/mol. The summed E-state index contributed by atoms with van der Waals surface area (Å²) in [6.45, 7) is 1.93. The first-order valence-corrected chi connectivity index (χ1v) is 10.1. The van der Waals surface area contributed by atoms with E-state index in [9.17, 15) is 19.6 Å². The Balaban J connectivity index is 1.61. The van der Waals surface area contributed by atoms with Gasteiger partial charge in [0.2, 0.25) is 11.8 Å². The summed E-state index contributed by atoms with van der Waals surface area (Å²) in [6, 6.07) is 16.8. The second-order valence-corrected chi connectivity index (χ2v) is 8.06. The molecule has 0 spiro atoms. The summed E-state index contributed by atoms with van der Waals surface area (Å²) in [7, 11) is 0. The van der Waals surface area contributed by atoms with Gasteiger partial charge in [-0.25, -0.2) is 4.90 Å². The van der Waals surface area contributed by atoms with Gasteiger partial charge in [0.25, 0.3) is 0 Å². The fourth-order valence-corrected chi connectivity index (χ4v) is 4.84. The molecule has 0 aliphatic carbocycles. The smallest absolute Gasteiger partial charge is 0.240 e. The zero-order valence-electron chi connectivity index (χ0n) is 16.8. The summed E-state index contributed by atoms with van der Waals surface area (Å²) in [5, 5.41) is 9.36. The van der Waals surface area contributed by atoms with Gasteiger partial charge in [0.1, 0.15) is 6.04 Å². The standard InChI is InChI=1S/C25H19N3O3/c1-15-7-9-18(10-8-15)28-24(30)20-19-13-16(14-26)11-12-27(19)22(21(20)25(28)31)23(29)17-5-3-2-4-6-17/h2-13,19-22H,1H3/t19-,20+,21-,22+/m1/s1. The maximum absolute atomic E-state index is 13.5. The van der Waals surface area contributed by atoms with Crippen LogP contribution in [0.15, 0.2) is 78.5 Å². The summed E-state index contributed by atoms with van der Waals surface area (Å²) in [4.78, 5) is 43.5. The van der Waals surface area contributed by atoms with Crippen molar-refractivity contribution in [3.05, 3.63) is 89.6 Å². The number of nitriles is 1. The molecule has 0 aromatic heterocycles. The highest BCUT2D eigenvalue weighted by Crippen LogP contribution is 2.47. The molecule has 0 unspecified atom stereocenters. The van der Waals surface area contributed by atoms with Gasteiger partial charge in [0.15, 0.2) is 5.78 Å². The summed E-state index contributed by atoms with van der Waals surface area (Å²) in [5.74, 6) is -2.45. The second-order valence-electron chi connectivity index (χ2n) is 8.06. The Labute approximate surface area is 179 Å². The van der Waals surface area contributed by atoms with Crippen molar-refractivity contribution < 1.29 is 14.4 Å². The van der Waals surface area contributed by atoms with E-state index in [1.165, 1.54) is 4.90 Å². The fourth-order valence-electron chi connectivity index (χ4n) is 4.84. The number of fused-ring (bicyclic) bond motifs is 3. The topological polar surface area (TPSA) is 81.5 Å². The maximum Gasteiger partial charge on any atom is 0.240 e. The van der Waals surface area contributed by atoms with Crippen LogP contribution in [0.4, 0.5) is 5.69 Å². The lowest BCUT2D eigenvalue weighted by Gasteiger charge is -2.32. The van der Waals surface area contributed by atoms with Crippen molar-refractivity contribution in [1.29, 1.82) is 5.26 Å². The van der Waals surface area contributed by atoms with Gasteiger partial charge >= 0.3 is 0 Å². The van der Waals surface area contributed by atoms with Crippen LogP contribution in [0.2, 0.25) is 0 Å². The van der Waals surface area contributed by atoms with Crippen LogP contribution in [0.5, 0.6) is 0 Å². The first-order chi connectivity index (χ1) is 15.0. The molecular formula is C25H19N3O3. The van der Waals surface area contributed by atoms with E-state index in [0.717, 1.165) is 5.56 Å². The monoisotopic (exact) mass is 409 g/mol. The summed E-state index contributed by atoms with van der Waals surface area (Å²) < 4.78 is 0. The zero-order chi connectivity index (χ0) is 21.7. The van der Waals surface area contributed by atoms with Crippen LogP contribution in [-0.4, -0.2) is 34.6 Å². The molecule has 2 amide bonds. The minimum absolute atomic E-state index is 0.205. The number of Topliss-reactive ketones (excluding diaryl/α,β-unsaturated/α-hetero) is 1. The van der Waals surface area contributed by atoms with Crippen molar-refractivity contribution in [1.82, 2.24) is 4.90 Å². The Bertz CT molecular complexity index is 1190. The number of carbonyl (C=O) groups is 3. The minimum Gasteiger partial charge on any atom is -0.359 e. The first kappa shape index (κ1) is 19.0. The summed E-state index contributed by atoms with van der Waals surface area (Å²) >= 11 is 0. The van der Waals surface area contributed by atoms with Gasteiger partial charge < -0.3 is 4.90 Å². The highest BCUT2D eigenvalue weighted by Gasteiger charge is 2.63. The van der Waals surface area contributed by atoms with Crippen molar-refractivity contribution in [2.24, 2.45) is 11.8 Å². The number of allylic oxidation sites excluding steroid dienone is 2. The molecule has 3 heterocycles. The van der Waals surface area contributed by atoms with Gasteiger partial charge in [-0.1, -0.05) is 48.0 Å². The summed E-state index contributed by atoms with van der Waals surface area (Å²) in [6.07, 6.45) is 4.99. The van der Waals surface area contributed by atoms with E-state index in [4.69, 9.17) is 0 Å². The molecule has 2 aromatic rings. The maximum atomic E-state index is 13.5. The van der Waals surface area contributed by atoms with Gasteiger partial charge in [0, 0.05) is 11.8 Å². The third-order valence-electron chi connectivity index (χ3n) is 6.30. The normalized spacial score (nSPS) is 26.4. The molecule has 6 nitrogen and oxygen atoms in total. The third-order valence-corrected chi connectivity index (χ3v) is 6.30. The Morgan fingerprint density at radius 3 is 2.32 bits per heavy atom. The molecule has 2 saturated heterocycles. The lowest BCUT2D eigenvalue weighted by molar-refractivity contribution is -0.123. The number of carbonyl (C=O) groups excluding carboxylic acids is 3. The molecule has 0 radical (unpaired) electrons. The van der Waals surface area contributed by atoms with Crippen molar-refractivity contribution in [3.8, 4) is 6.07 Å². The molecule has 2 fully saturated rings. The molecule has 3 aliphatic heterocycles. The molecular weight excluding hydrogens is 390 g/mol. The summed E-state index contributed by atoms with van der Waals surface area (Å²) in [5.41, 5.74) is 2.43. The SMILES string of the molecule is Cc1ccc(N2C(=O)[C@@H]3[C@@H](C2=O)[C@@H](C(=O)c2ccccc2)N2C=CC(C#N)=C[C@H]32)cc1. The predicted octanol–water partition coefficient (Wildman–Crippen LogP) is 3.01. The Kier molecular flexibility index (Phi) is 4.33. The number of nitrogens with zero attached hydrogens (tertiary/aromatic N) is 3. The Hall–Kier alpha value is -3.98. The minimum atomic E-state index is -0.814. The highest BCUT2D eigenvalue weighted by atomic mass is 16.2. The molecule has 0 N–H and O–H groups in total. The van der Waals surface area contributed by atoms with Crippen LogP contribution < -0.4 is 4.90 Å². The van der Waals surface area contributed by atoms with Crippen molar-refractivity contribution in [2.45, 2.75) is 19.0 Å². The number of benzene rings is 2. The van der Waals surface area contributed by atoms with Gasteiger partial charge in [0.05, 0.1) is 35.2 Å². The number of hydrogen-bond donors (Lipinski definition) is 0. The van der Waals surface area contributed by atoms with Gasteiger partial charge in [-0.3, -0.25) is 14.4 Å². The number of amides is 2. The molecule has 0 bridgehead atoms. The number of anilines is 1. The van der Waals surface area contributed by atoms with Gasteiger partial charge in [-0.05, 0) is 31.2 Å².